The van der Waals surface area contributed by atoms with E-state index in [-0.39, 0.29) is 11.8 Å². The molecule has 0 saturated heterocycles. The van der Waals surface area contributed by atoms with Gasteiger partial charge in [0, 0.05) is 5.92 Å². The molecule has 2 heteroatoms. The fourth-order valence-corrected chi connectivity index (χ4v) is 0.823. The van der Waals surface area contributed by atoms with Crippen molar-refractivity contribution in [1.29, 1.82) is 0 Å². The van der Waals surface area contributed by atoms with E-state index in [1.165, 1.54) is 0 Å². The van der Waals surface area contributed by atoms with E-state index in [0.717, 1.165) is 6.42 Å². The third-order valence-electron chi connectivity index (χ3n) is 1.31. The highest BCUT2D eigenvalue weighted by molar-refractivity contribution is 5.76. The molecule has 0 aliphatic carbocycles. The molecule has 0 rings (SSSR count). The van der Waals surface area contributed by atoms with Gasteiger partial charge in [0.15, 0.2) is 0 Å². The average molecular weight is 129 g/mol. The lowest BCUT2D eigenvalue weighted by atomic mass is 9.99. The molecule has 2 N–H and O–H groups in total. The first kappa shape index (κ1) is 8.47. The van der Waals surface area contributed by atoms with Gasteiger partial charge in [-0.1, -0.05) is 20.8 Å². The van der Waals surface area contributed by atoms with E-state index in [1.54, 1.807) is 0 Å². The number of primary amides is 1. The Morgan fingerprint density at radius 2 is 1.89 bits per heavy atom. The third-order valence-corrected chi connectivity index (χ3v) is 1.31. The Bertz CT molecular complexity index is 99.1. The molecule has 0 spiro atoms. The molecule has 0 bridgehead atoms. The first-order valence-corrected chi connectivity index (χ1v) is 3.33. The van der Waals surface area contributed by atoms with Crippen LogP contribution < -0.4 is 5.73 Å². The van der Waals surface area contributed by atoms with Gasteiger partial charge in [0.2, 0.25) is 5.91 Å². The van der Waals surface area contributed by atoms with Crippen LogP contribution in [0.25, 0.3) is 0 Å². The van der Waals surface area contributed by atoms with Crippen LogP contribution >= 0.6 is 0 Å². The van der Waals surface area contributed by atoms with Crippen molar-refractivity contribution in [3.63, 3.8) is 0 Å². The van der Waals surface area contributed by atoms with Crippen LogP contribution in [0.4, 0.5) is 0 Å². The summed E-state index contributed by atoms with van der Waals surface area (Å²) in [7, 11) is 0. The van der Waals surface area contributed by atoms with Crippen molar-refractivity contribution in [2.24, 2.45) is 17.6 Å². The zero-order valence-electron chi connectivity index (χ0n) is 6.35. The predicted octanol–water partition coefficient (Wildman–Crippen LogP) is 1.15. The minimum Gasteiger partial charge on any atom is -0.369 e. The van der Waals surface area contributed by atoms with Crippen molar-refractivity contribution < 1.29 is 4.79 Å². The van der Waals surface area contributed by atoms with E-state index in [0.29, 0.717) is 5.92 Å². The topological polar surface area (TPSA) is 43.1 Å². The monoisotopic (exact) mass is 129 g/mol. The lowest BCUT2D eigenvalue weighted by Gasteiger charge is -2.08. The van der Waals surface area contributed by atoms with E-state index < -0.39 is 0 Å². The van der Waals surface area contributed by atoms with Crippen molar-refractivity contribution in [3.8, 4) is 0 Å². The smallest absolute Gasteiger partial charge is 0.220 e. The predicted molar refractivity (Wildman–Crippen MR) is 37.8 cm³/mol. The highest BCUT2D eigenvalue weighted by Crippen LogP contribution is 2.09. The van der Waals surface area contributed by atoms with Crippen LogP contribution in [0.15, 0.2) is 0 Å². The molecule has 0 fully saturated rings. The summed E-state index contributed by atoms with van der Waals surface area (Å²) in [6.45, 7) is 6.03. The van der Waals surface area contributed by atoms with Gasteiger partial charge in [0.1, 0.15) is 0 Å². The maximum Gasteiger partial charge on any atom is 0.220 e. The molecule has 0 heterocycles. The van der Waals surface area contributed by atoms with Gasteiger partial charge in [-0.05, 0) is 12.3 Å². The number of amides is 1. The summed E-state index contributed by atoms with van der Waals surface area (Å²) >= 11 is 0. The van der Waals surface area contributed by atoms with Crippen molar-refractivity contribution in [2.75, 3.05) is 0 Å². The molecule has 2 nitrogen and oxygen atoms in total. The summed E-state index contributed by atoms with van der Waals surface area (Å²) in [5.74, 6) is 0.404. The van der Waals surface area contributed by atoms with E-state index in [1.807, 2.05) is 6.92 Å². The average Bonchev–Trinajstić information content (AvgIpc) is 1.63. The van der Waals surface area contributed by atoms with Gasteiger partial charge < -0.3 is 5.73 Å². The molecule has 54 valence electrons. The van der Waals surface area contributed by atoms with Gasteiger partial charge in [0.05, 0.1) is 0 Å². The van der Waals surface area contributed by atoms with Crippen molar-refractivity contribution in [2.45, 2.75) is 27.2 Å². The third kappa shape index (κ3) is 4.01. The number of carbonyl (C=O) groups excluding carboxylic acids is 1. The van der Waals surface area contributed by atoms with Crippen LogP contribution in [0.5, 0.6) is 0 Å². The Labute approximate surface area is 56.4 Å². The molecule has 0 aliphatic heterocycles. The highest BCUT2D eigenvalue weighted by Gasteiger charge is 2.09. The molecule has 1 amide bonds. The van der Waals surface area contributed by atoms with Gasteiger partial charge in [-0.2, -0.15) is 0 Å². The van der Waals surface area contributed by atoms with Crippen molar-refractivity contribution in [1.82, 2.24) is 0 Å². The van der Waals surface area contributed by atoms with Crippen molar-refractivity contribution in [3.05, 3.63) is 0 Å². The zero-order valence-corrected chi connectivity index (χ0v) is 6.35. The minimum absolute atomic E-state index is 0.0324. The lowest BCUT2D eigenvalue weighted by molar-refractivity contribution is -0.121. The van der Waals surface area contributed by atoms with Gasteiger partial charge >= 0.3 is 0 Å². The minimum atomic E-state index is -0.191. The van der Waals surface area contributed by atoms with E-state index >= 15 is 0 Å². The summed E-state index contributed by atoms with van der Waals surface area (Å²) in [5.41, 5.74) is 5.05. The second-order valence-electron chi connectivity index (χ2n) is 2.93. The van der Waals surface area contributed by atoms with E-state index in [2.05, 4.69) is 13.8 Å². The van der Waals surface area contributed by atoms with Crippen LogP contribution in [0.3, 0.4) is 0 Å². The summed E-state index contributed by atoms with van der Waals surface area (Å²) in [5, 5.41) is 0. The summed E-state index contributed by atoms with van der Waals surface area (Å²) in [6, 6.07) is 0. The molecule has 0 aliphatic rings. The Morgan fingerprint density at radius 1 is 1.44 bits per heavy atom. The van der Waals surface area contributed by atoms with E-state index in [9.17, 15) is 4.79 Å². The Kier molecular flexibility index (Phi) is 3.28. The Morgan fingerprint density at radius 3 is 2.00 bits per heavy atom. The summed E-state index contributed by atoms with van der Waals surface area (Å²) in [6.07, 6.45) is 0.898. The summed E-state index contributed by atoms with van der Waals surface area (Å²) < 4.78 is 0. The quantitative estimate of drug-likeness (QED) is 0.610. The number of nitrogens with two attached hydrogens (primary N) is 1. The van der Waals surface area contributed by atoms with Crippen LogP contribution in [-0.4, -0.2) is 5.91 Å². The van der Waals surface area contributed by atoms with Crippen LogP contribution in [0.1, 0.15) is 27.2 Å². The zero-order chi connectivity index (χ0) is 7.44. The summed E-state index contributed by atoms with van der Waals surface area (Å²) in [4.78, 5) is 10.5. The van der Waals surface area contributed by atoms with Crippen molar-refractivity contribution >= 4 is 5.91 Å². The Hall–Kier alpha value is -0.530. The standard InChI is InChI=1S/C7H15NO/c1-5(2)4-6(3)7(8)9/h5-6H,4H2,1-3H3,(H2,8,9)/t6-/m1/s1. The number of hydrogen-bond donors (Lipinski definition) is 1. The van der Waals surface area contributed by atoms with Gasteiger partial charge in [-0.15, -0.1) is 0 Å². The number of hydrogen-bond acceptors (Lipinski definition) is 1. The second-order valence-corrected chi connectivity index (χ2v) is 2.93. The molecule has 0 aromatic carbocycles. The van der Waals surface area contributed by atoms with Crippen LogP contribution in [0, 0.1) is 11.8 Å². The van der Waals surface area contributed by atoms with Gasteiger partial charge in [-0.25, -0.2) is 0 Å². The molecule has 0 radical (unpaired) electrons. The number of carbonyl (C=O) groups is 1. The maximum atomic E-state index is 10.5. The Balaban J connectivity index is 3.50. The van der Waals surface area contributed by atoms with Gasteiger partial charge in [0.25, 0.3) is 0 Å². The second kappa shape index (κ2) is 3.49. The van der Waals surface area contributed by atoms with E-state index in [4.69, 9.17) is 5.73 Å². The highest BCUT2D eigenvalue weighted by atomic mass is 16.1. The first-order valence-electron chi connectivity index (χ1n) is 3.33. The fourth-order valence-electron chi connectivity index (χ4n) is 0.823. The largest absolute Gasteiger partial charge is 0.369 e. The molecule has 0 aromatic rings. The molecule has 1 atom stereocenters. The van der Waals surface area contributed by atoms with Crippen LogP contribution in [0.2, 0.25) is 0 Å². The first-order chi connectivity index (χ1) is 4.04. The van der Waals surface area contributed by atoms with Gasteiger partial charge in [-0.3, -0.25) is 4.79 Å². The molecule has 0 saturated carbocycles. The normalized spacial score (nSPS) is 13.8. The molecule has 0 aromatic heterocycles. The maximum absolute atomic E-state index is 10.5. The lowest BCUT2D eigenvalue weighted by Crippen LogP contribution is -2.21. The molecule has 9 heavy (non-hydrogen) atoms. The fraction of sp³-hybridized carbons (Fsp3) is 0.857. The molecule has 0 unspecified atom stereocenters. The molecular weight excluding hydrogens is 114 g/mol. The number of rotatable bonds is 3. The van der Waals surface area contributed by atoms with Crippen LogP contribution in [-0.2, 0) is 4.79 Å². The molecular formula is C7H15NO. The SMILES string of the molecule is CC(C)C[C@@H](C)C(N)=O.